The Bertz CT molecular complexity index is 512. The summed E-state index contributed by atoms with van der Waals surface area (Å²) in [7, 11) is -1.86. The molecule has 2 N–H and O–H groups in total. The van der Waals surface area contributed by atoms with E-state index in [2.05, 4.69) is 15.0 Å². The number of pyridine rings is 1. The first-order chi connectivity index (χ1) is 8.54. The molecule has 18 heavy (non-hydrogen) atoms. The molecule has 6 heteroatoms. The molecule has 1 heterocycles. The third-order valence-corrected chi connectivity index (χ3v) is 5.01. The van der Waals surface area contributed by atoms with Gasteiger partial charge >= 0.3 is 0 Å². The summed E-state index contributed by atoms with van der Waals surface area (Å²) in [5.41, 5.74) is 0.519. The quantitative estimate of drug-likeness (QED) is 0.851. The van der Waals surface area contributed by atoms with E-state index in [1.165, 1.54) is 12.6 Å². The number of nitrogens with one attached hydrogen (secondary N) is 2. The van der Waals surface area contributed by atoms with Crippen LogP contribution >= 0.6 is 0 Å². The summed E-state index contributed by atoms with van der Waals surface area (Å²) in [6.07, 6.45) is 4.89. The molecule has 100 valence electrons. The summed E-state index contributed by atoms with van der Waals surface area (Å²) < 4.78 is 27.2. The second kappa shape index (κ2) is 5.24. The van der Waals surface area contributed by atoms with Crippen molar-refractivity contribution < 1.29 is 8.42 Å². The van der Waals surface area contributed by atoms with Gasteiger partial charge in [0.2, 0.25) is 0 Å². The predicted molar refractivity (Wildman–Crippen MR) is 70.9 cm³/mol. The van der Waals surface area contributed by atoms with Gasteiger partial charge in [0.25, 0.3) is 10.0 Å². The Morgan fingerprint density at radius 1 is 1.44 bits per heavy atom. The molecule has 1 aromatic heterocycles. The van der Waals surface area contributed by atoms with E-state index >= 15 is 0 Å². The molecule has 1 aromatic rings. The van der Waals surface area contributed by atoms with Gasteiger partial charge in [-0.05, 0) is 37.8 Å². The number of rotatable bonds is 5. The van der Waals surface area contributed by atoms with Crippen LogP contribution < -0.4 is 10.0 Å². The van der Waals surface area contributed by atoms with Crippen LogP contribution in [0.3, 0.4) is 0 Å². The molecular formula is C12H19N3O2S. The second-order valence-corrected chi connectivity index (χ2v) is 6.34. The molecule has 0 bridgehead atoms. The molecule has 0 aliphatic heterocycles. The highest BCUT2D eigenvalue weighted by atomic mass is 32.2. The fourth-order valence-corrected chi connectivity index (χ4v) is 3.58. The molecular weight excluding hydrogens is 250 g/mol. The Hall–Kier alpha value is -1.14. The number of hydrogen-bond donors (Lipinski definition) is 2. The summed E-state index contributed by atoms with van der Waals surface area (Å²) in [5, 5.41) is 2.92. The molecule has 1 unspecified atom stereocenters. The van der Waals surface area contributed by atoms with Crippen molar-refractivity contribution in [1.82, 2.24) is 9.71 Å². The van der Waals surface area contributed by atoms with Gasteiger partial charge in [0.15, 0.2) is 5.03 Å². The van der Waals surface area contributed by atoms with Gasteiger partial charge in [-0.1, -0.05) is 6.42 Å². The summed E-state index contributed by atoms with van der Waals surface area (Å²) in [6, 6.07) is 3.38. The molecule has 1 atom stereocenters. The van der Waals surface area contributed by atoms with E-state index in [1.54, 1.807) is 19.2 Å². The van der Waals surface area contributed by atoms with E-state index in [9.17, 15) is 8.42 Å². The lowest BCUT2D eigenvalue weighted by Gasteiger charge is -2.31. The normalized spacial score (nSPS) is 18.1. The van der Waals surface area contributed by atoms with Crippen molar-refractivity contribution in [2.24, 2.45) is 5.92 Å². The first kappa shape index (κ1) is 13.3. The van der Waals surface area contributed by atoms with Crippen molar-refractivity contribution in [1.29, 1.82) is 0 Å². The smallest absolute Gasteiger partial charge is 0.260 e. The van der Waals surface area contributed by atoms with Crippen molar-refractivity contribution in [3.63, 3.8) is 0 Å². The lowest BCUT2D eigenvalue weighted by atomic mass is 9.81. The molecule has 1 saturated carbocycles. The molecule has 2 rings (SSSR count). The van der Waals surface area contributed by atoms with Gasteiger partial charge in [0, 0.05) is 19.3 Å². The van der Waals surface area contributed by atoms with Crippen molar-refractivity contribution in [2.45, 2.75) is 37.3 Å². The molecule has 0 saturated heterocycles. The van der Waals surface area contributed by atoms with E-state index in [0.717, 1.165) is 12.8 Å². The molecule has 1 aliphatic carbocycles. The first-order valence-corrected chi connectivity index (χ1v) is 7.68. The zero-order chi connectivity index (χ0) is 13.2. The van der Waals surface area contributed by atoms with Crippen LogP contribution in [0.25, 0.3) is 0 Å². The zero-order valence-electron chi connectivity index (χ0n) is 10.7. The lowest BCUT2D eigenvalue weighted by Crippen LogP contribution is -2.41. The standard InChI is InChI=1S/C12H19N3O2S/c1-9(10-5-3-6-10)15-18(16,17)12-11(13-2)7-4-8-14-12/h4,7-10,13,15H,3,5-6H2,1-2H3. The molecule has 0 spiro atoms. The predicted octanol–water partition coefficient (Wildman–Crippen LogP) is 1.59. The molecule has 0 aromatic carbocycles. The monoisotopic (exact) mass is 269 g/mol. The minimum atomic E-state index is -3.55. The van der Waals surface area contributed by atoms with Gasteiger partial charge in [-0.25, -0.2) is 18.1 Å². The van der Waals surface area contributed by atoms with Crippen molar-refractivity contribution >= 4 is 15.7 Å². The van der Waals surface area contributed by atoms with Crippen LogP contribution in [0.2, 0.25) is 0 Å². The minimum absolute atomic E-state index is 0.0320. The maximum atomic E-state index is 12.3. The Morgan fingerprint density at radius 3 is 2.72 bits per heavy atom. The second-order valence-electron chi connectivity index (χ2n) is 4.71. The Balaban J connectivity index is 2.19. The van der Waals surface area contributed by atoms with E-state index in [0.29, 0.717) is 11.6 Å². The Morgan fingerprint density at radius 2 is 2.17 bits per heavy atom. The SMILES string of the molecule is CNc1cccnc1S(=O)(=O)NC(C)C1CCC1. The number of aromatic nitrogens is 1. The summed E-state index contributed by atoms with van der Waals surface area (Å²) in [4.78, 5) is 3.96. The number of sulfonamides is 1. The van der Waals surface area contributed by atoms with E-state index in [4.69, 9.17) is 0 Å². The molecule has 1 aliphatic rings. The van der Waals surface area contributed by atoms with Crippen LogP contribution in [0.4, 0.5) is 5.69 Å². The largest absolute Gasteiger partial charge is 0.386 e. The fraction of sp³-hybridized carbons (Fsp3) is 0.583. The summed E-state index contributed by atoms with van der Waals surface area (Å²) >= 11 is 0. The Labute approximate surface area is 108 Å². The van der Waals surface area contributed by atoms with Gasteiger partial charge in [0.05, 0.1) is 5.69 Å². The fourth-order valence-electron chi connectivity index (χ4n) is 2.13. The average Bonchev–Trinajstić information content (AvgIpc) is 2.25. The molecule has 0 radical (unpaired) electrons. The van der Waals surface area contributed by atoms with Crippen molar-refractivity contribution in [2.75, 3.05) is 12.4 Å². The van der Waals surface area contributed by atoms with Crippen LogP contribution in [-0.4, -0.2) is 26.5 Å². The maximum absolute atomic E-state index is 12.3. The number of hydrogen-bond acceptors (Lipinski definition) is 4. The highest BCUT2D eigenvalue weighted by Crippen LogP contribution is 2.30. The number of nitrogens with zero attached hydrogens (tertiary/aromatic N) is 1. The van der Waals surface area contributed by atoms with Crippen molar-refractivity contribution in [3.05, 3.63) is 18.3 Å². The van der Waals surface area contributed by atoms with Crippen LogP contribution in [0.5, 0.6) is 0 Å². The average molecular weight is 269 g/mol. The summed E-state index contributed by atoms with van der Waals surface area (Å²) in [5.74, 6) is 0.460. The van der Waals surface area contributed by atoms with Gasteiger partial charge in [0.1, 0.15) is 0 Å². The van der Waals surface area contributed by atoms with Gasteiger partial charge in [-0.3, -0.25) is 0 Å². The van der Waals surface area contributed by atoms with Crippen LogP contribution in [0.15, 0.2) is 23.4 Å². The van der Waals surface area contributed by atoms with E-state index in [-0.39, 0.29) is 11.1 Å². The zero-order valence-corrected chi connectivity index (χ0v) is 11.5. The van der Waals surface area contributed by atoms with Gasteiger partial charge in [-0.2, -0.15) is 0 Å². The van der Waals surface area contributed by atoms with Crippen LogP contribution in [0.1, 0.15) is 26.2 Å². The van der Waals surface area contributed by atoms with Crippen molar-refractivity contribution in [3.8, 4) is 0 Å². The first-order valence-electron chi connectivity index (χ1n) is 6.19. The Kier molecular flexibility index (Phi) is 3.87. The van der Waals surface area contributed by atoms with E-state index < -0.39 is 10.0 Å². The molecule has 5 nitrogen and oxygen atoms in total. The lowest BCUT2D eigenvalue weighted by molar-refractivity contribution is 0.260. The maximum Gasteiger partial charge on any atom is 0.260 e. The highest BCUT2D eigenvalue weighted by Gasteiger charge is 2.29. The molecule has 1 fully saturated rings. The highest BCUT2D eigenvalue weighted by molar-refractivity contribution is 7.89. The van der Waals surface area contributed by atoms with Gasteiger partial charge < -0.3 is 5.32 Å². The van der Waals surface area contributed by atoms with Crippen LogP contribution in [0, 0.1) is 5.92 Å². The third kappa shape index (κ3) is 2.64. The minimum Gasteiger partial charge on any atom is -0.386 e. The molecule has 0 amide bonds. The topological polar surface area (TPSA) is 71.1 Å². The summed E-state index contributed by atoms with van der Waals surface area (Å²) in [6.45, 7) is 1.92. The third-order valence-electron chi connectivity index (χ3n) is 3.49. The van der Waals surface area contributed by atoms with Gasteiger partial charge in [-0.15, -0.1) is 0 Å². The van der Waals surface area contributed by atoms with E-state index in [1.807, 2.05) is 6.92 Å². The van der Waals surface area contributed by atoms with Crippen LogP contribution in [-0.2, 0) is 10.0 Å². The number of anilines is 1.